The largest absolute Gasteiger partial charge is 0.351 e. The lowest BCUT2D eigenvalue weighted by Gasteiger charge is -2.30. The molecule has 3 aromatic rings. The van der Waals surface area contributed by atoms with Crippen LogP contribution in [0.3, 0.4) is 0 Å². The molecular weight excluding hydrogens is 407 g/mol. The summed E-state index contributed by atoms with van der Waals surface area (Å²) < 4.78 is 13.4. The summed E-state index contributed by atoms with van der Waals surface area (Å²) in [5.74, 6) is 1.32. The van der Waals surface area contributed by atoms with Crippen molar-refractivity contribution >= 4 is 41.2 Å². The third-order valence-corrected chi connectivity index (χ3v) is 6.37. The predicted octanol–water partition coefficient (Wildman–Crippen LogP) is 5.89. The highest BCUT2D eigenvalue weighted by molar-refractivity contribution is 7.12. The molecule has 0 unspecified atom stereocenters. The van der Waals surface area contributed by atoms with Gasteiger partial charge in [-0.2, -0.15) is 4.98 Å². The van der Waals surface area contributed by atoms with E-state index in [4.69, 9.17) is 9.97 Å². The number of rotatable bonds is 4. The van der Waals surface area contributed by atoms with Gasteiger partial charge in [0, 0.05) is 27.5 Å². The minimum Gasteiger partial charge on any atom is -0.351 e. The van der Waals surface area contributed by atoms with E-state index in [-0.39, 0.29) is 18.2 Å². The highest BCUT2D eigenvalue weighted by Crippen LogP contribution is 2.32. The third-order valence-electron chi connectivity index (χ3n) is 5.30. The molecule has 29 heavy (non-hydrogen) atoms. The molecule has 1 aliphatic rings. The molecule has 7 heteroatoms. The zero-order valence-corrected chi connectivity index (χ0v) is 18.8. The van der Waals surface area contributed by atoms with E-state index in [9.17, 15) is 4.39 Å². The number of benzene rings is 1. The van der Waals surface area contributed by atoms with Crippen molar-refractivity contribution < 1.29 is 4.39 Å². The zero-order valence-electron chi connectivity index (χ0n) is 17.2. The topological polar surface area (TPSA) is 41.1 Å². The summed E-state index contributed by atoms with van der Waals surface area (Å²) in [5, 5.41) is 3.29. The van der Waals surface area contributed by atoms with Gasteiger partial charge in [0.1, 0.15) is 11.6 Å². The average Bonchev–Trinajstić information content (AvgIpc) is 3.04. The molecule has 1 N–H and O–H groups in total. The fourth-order valence-corrected chi connectivity index (χ4v) is 4.90. The van der Waals surface area contributed by atoms with Gasteiger partial charge >= 0.3 is 0 Å². The number of thiophene rings is 1. The first-order valence-electron chi connectivity index (χ1n) is 9.68. The summed E-state index contributed by atoms with van der Waals surface area (Å²) in [4.78, 5) is 14.7. The standard InChI is InChI=1S/C22H25FN4S.ClH/c1-5-18-15(4)21(27-9-8-16-11-14(3)28-20(16)12-27)26-22(24-18)25-19-7-6-17(23)10-13(19)2;/h6-7,10-11H,5,8-9,12H2,1-4H3,(H,24,25,26);1H. The van der Waals surface area contributed by atoms with Crippen LogP contribution in [0.25, 0.3) is 0 Å². The molecular formula is C22H26ClFN4S. The Hall–Kier alpha value is -2.18. The van der Waals surface area contributed by atoms with Crippen LogP contribution in [0.5, 0.6) is 0 Å². The second-order valence-corrected chi connectivity index (χ2v) is 8.70. The molecule has 0 radical (unpaired) electrons. The Morgan fingerprint density at radius 3 is 2.69 bits per heavy atom. The maximum absolute atomic E-state index is 13.4. The Morgan fingerprint density at radius 2 is 1.97 bits per heavy atom. The van der Waals surface area contributed by atoms with Gasteiger partial charge < -0.3 is 10.2 Å². The summed E-state index contributed by atoms with van der Waals surface area (Å²) in [7, 11) is 0. The zero-order chi connectivity index (χ0) is 19.8. The first-order valence-corrected chi connectivity index (χ1v) is 10.5. The Bertz CT molecular complexity index is 1030. The van der Waals surface area contributed by atoms with Crippen molar-refractivity contribution in [1.29, 1.82) is 0 Å². The van der Waals surface area contributed by atoms with Crippen LogP contribution < -0.4 is 10.2 Å². The maximum Gasteiger partial charge on any atom is 0.229 e. The number of aryl methyl sites for hydroxylation is 3. The second-order valence-electron chi connectivity index (χ2n) is 7.36. The monoisotopic (exact) mass is 432 g/mol. The number of anilines is 3. The lowest BCUT2D eigenvalue weighted by Crippen LogP contribution is -2.31. The molecule has 0 bridgehead atoms. The van der Waals surface area contributed by atoms with Gasteiger partial charge in [-0.05, 0) is 69.0 Å². The van der Waals surface area contributed by atoms with E-state index in [0.29, 0.717) is 5.95 Å². The lowest BCUT2D eigenvalue weighted by atomic mass is 10.1. The normalized spacial score (nSPS) is 13.1. The van der Waals surface area contributed by atoms with Crippen molar-refractivity contribution in [1.82, 2.24) is 9.97 Å². The van der Waals surface area contributed by atoms with Crippen molar-refractivity contribution in [3.05, 3.63) is 62.2 Å². The Balaban J connectivity index is 0.00000240. The van der Waals surface area contributed by atoms with Crippen molar-refractivity contribution in [3.8, 4) is 0 Å². The van der Waals surface area contributed by atoms with Crippen LogP contribution in [-0.2, 0) is 19.4 Å². The SMILES string of the molecule is CCc1nc(Nc2ccc(F)cc2C)nc(N2CCc3cc(C)sc3C2)c1C.Cl. The Morgan fingerprint density at radius 1 is 1.17 bits per heavy atom. The van der Waals surface area contributed by atoms with Crippen molar-refractivity contribution in [2.45, 2.75) is 47.1 Å². The van der Waals surface area contributed by atoms with Gasteiger partial charge in [-0.25, -0.2) is 9.37 Å². The fraction of sp³-hybridized carbons (Fsp3) is 0.364. The molecule has 0 saturated heterocycles. The fourth-order valence-electron chi connectivity index (χ4n) is 3.79. The van der Waals surface area contributed by atoms with Crippen molar-refractivity contribution in [3.63, 3.8) is 0 Å². The molecule has 1 aromatic carbocycles. The van der Waals surface area contributed by atoms with E-state index >= 15 is 0 Å². The second kappa shape index (κ2) is 8.67. The average molecular weight is 433 g/mol. The van der Waals surface area contributed by atoms with Crippen molar-refractivity contribution in [2.75, 3.05) is 16.8 Å². The number of fused-ring (bicyclic) bond motifs is 1. The van der Waals surface area contributed by atoms with Gasteiger partial charge in [-0.15, -0.1) is 23.7 Å². The van der Waals surface area contributed by atoms with E-state index in [1.54, 1.807) is 6.07 Å². The summed E-state index contributed by atoms with van der Waals surface area (Å²) in [5.41, 5.74) is 5.32. The highest BCUT2D eigenvalue weighted by atomic mass is 35.5. The number of hydrogen-bond acceptors (Lipinski definition) is 5. The van der Waals surface area contributed by atoms with Crippen LogP contribution in [-0.4, -0.2) is 16.5 Å². The lowest BCUT2D eigenvalue weighted by molar-refractivity contribution is 0.627. The van der Waals surface area contributed by atoms with E-state index in [2.05, 4.69) is 37.1 Å². The molecule has 0 spiro atoms. The molecule has 2 aromatic heterocycles. The summed E-state index contributed by atoms with van der Waals surface area (Å²) in [6.07, 6.45) is 1.89. The van der Waals surface area contributed by atoms with E-state index in [0.717, 1.165) is 54.3 Å². The molecule has 0 amide bonds. The highest BCUT2D eigenvalue weighted by Gasteiger charge is 2.23. The Labute approximate surface area is 181 Å². The molecule has 4 nitrogen and oxygen atoms in total. The molecule has 1 aliphatic heterocycles. The van der Waals surface area contributed by atoms with Crippen LogP contribution in [0, 0.1) is 26.6 Å². The minimum absolute atomic E-state index is 0. The van der Waals surface area contributed by atoms with Gasteiger partial charge in [0.2, 0.25) is 5.95 Å². The minimum atomic E-state index is -0.238. The predicted molar refractivity (Wildman–Crippen MR) is 122 cm³/mol. The van der Waals surface area contributed by atoms with Gasteiger partial charge in [0.15, 0.2) is 0 Å². The van der Waals surface area contributed by atoms with Crippen molar-refractivity contribution in [2.24, 2.45) is 0 Å². The van der Waals surface area contributed by atoms with Crippen LogP contribution in [0.15, 0.2) is 24.3 Å². The molecule has 0 saturated carbocycles. The van der Waals surface area contributed by atoms with Crippen LogP contribution >= 0.6 is 23.7 Å². The van der Waals surface area contributed by atoms with Gasteiger partial charge in [-0.1, -0.05) is 6.92 Å². The molecule has 0 fully saturated rings. The molecule has 0 atom stereocenters. The number of halogens is 2. The molecule has 4 rings (SSSR count). The van der Waals surface area contributed by atoms with E-state index in [1.165, 1.54) is 27.5 Å². The number of hydrogen-bond donors (Lipinski definition) is 1. The maximum atomic E-state index is 13.4. The van der Waals surface area contributed by atoms with E-state index in [1.807, 2.05) is 18.3 Å². The first kappa shape index (κ1) is 21.5. The number of nitrogens with zero attached hydrogens (tertiary/aromatic N) is 3. The van der Waals surface area contributed by atoms with Crippen LogP contribution in [0.2, 0.25) is 0 Å². The van der Waals surface area contributed by atoms with Crippen LogP contribution in [0.4, 0.5) is 21.8 Å². The summed E-state index contributed by atoms with van der Waals surface area (Å²) in [6, 6.07) is 7.02. The van der Waals surface area contributed by atoms with Crippen LogP contribution in [0.1, 0.15) is 39.1 Å². The Kier molecular flexibility index (Phi) is 6.44. The number of nitrogens with one attached hydrogen (secondary N) is 1. The van der Waals surface area contributed by atoms with Gasteiger partial charge in [0.25, 0.3) is 0 Å². The smallest absolute Gasteiger partial charge is 0.229 e. The molecule has 0 aliphatic carbocycles. The third kappa shape index (κ3) is 4.38. The summed E-state index contributed by atoms with van der Waals surface area (Å²) in [6.45, 7) is 10.1. The molecule has 154 valence electrons. The first-order chi connectivity index (χ1) is 13.4. The van der Waals surface area contributed by atoms with E-state index < -0.39 is 0 Å². The van der Waals surface area contributed by atoms with Gasteiger partial charge in [-0.3, -0.25) is 0 Å². The quantitative estimate of drug-likeness (QED) is 0.557. The van der Waals surface area contributed by atoms with Gasteiger partial charge in [0.05, 0.1) is 12.2 Å². The molecule has 3 heterocycles. The summed E-state index contributed by atoms with van der Waals surface area (Å²) >= 11 is 1.88. The number of aromatic nitrogens is 2.